The molecule has 2 heteroatoms. The molecule has 0 saturated heterocycles. The molecule has 0 fully saturated rings. The topological polar surface area (TPSA) is 26.3 Å². The van der Waals surface area contributed by atoms with Crippen molar-refractivity contribution in [1.29, 1.82) is 0 Å². The molecule has 1 aliphatic rings. The Balaban J connectivity index is 1.28. The quantitative estimate of drug-likeness (QED) is 0.172. The van der Waals surface area contributed by atoms with Crippen LogP contribution < -0.4 is 0 Å². The number of fused-ring (bicyclic) bond motifs is 13. The van der Waals surface area contributed by atoms with Gasteiger partial charge in [0.2, 0.25) is 0 Å². The number of hydrogen-bond donors (Lipinski definition) is 0. The Kier molecular flexibility index (Phi) is 5.64. The van der Waals surface area contributed by atoms with Crippen molar-refractivity contribution < 1.29 is 8.83 Å². The van der Waals surface area contributed by atoms with E-state index in [0.717, 1.165) is 62.6 Å². The van der Waals surface area contributed by atoms with Gasteiger partial charge in [0.25, 0.3) is 0 Å². The van der Waals surface area contributed by atoms with Crippen LogP contribution in [-0.2, 0) is 12.8 Å². The van der Waals surface area contributed by atoms with Gasteiger partial charge >= 0.3 is 0 Å². The average molecular weight is 663 g/mol. The third kappa shape index (κ3) is 3.79. The van der Waals surface area contributed by atoms with E-state index in [1.165, 1.54) is 70.9 Å². The highest BCUT2D eigenvalue weighted by Gasteiger charge is 2.29. The maximum Gasteiger partial charge on any atom is 0.147 e. The molecule has 0 unspecified atom stereocenters. The molecule has 242 valence electrons. The minimum absolute atomic E-state index is 0.868. The Morgan fingerprint density at radius 3 is 1.75 bits per heavy atom. The van der Waals surface area contributed by atoms with Gasteiger partial charge in [0, 0.05) is 38.2 Å². The molecule has 52 heavy (non-hydrogen) atoms. The van der Waals surface area contributed by atoms with Crippen molar-refractivity contribution in [2.75, 3.05) is 0 Å². The van der Waals surface area contributed by atoms with E-state index < -0.39 is 0 Å². The highest BCUT2D eigenvalue weighted by molar-refractivity contribution is 6.29. The first-order valence-electron chi connectivity index (χ1n) is 18.1. The summed E-state index contributed by atoms with van der Waals surface area (Å²) in [6.45, 7) is 0. The molecule has 0 saturated carbocycles. The van der Waals surface area contributed by atoms with Gasteiger partial charge in [0.1, 0.15) is 22.5 Å². The van der Waals surface area contributed by atoms with Gasteiger partial charge in [-0.05, 0) is 85.4 Å². The molecule has 1 aliphatic carbocycles. The van der Waals surface area contributed by atoms with Gasteiger partial charge < -0.3 is 8.83 Å². The number of aryl methyl sites for hydroxylation is 2. The molecule has 2 nitrogen and oxygen atoms in total. The van der Waals surface area contributed by atoms with Crippen molar-refractivity contribution in [3.05, 3.63) is 169 Å². The second-order valence-electron chi connectivity index (χ2n) is 14.2. The van der Waals surface area contributed by atoms with Crippen LogP contribution >= 0.6 is 0 Å². The number of rotatable bonds is 2. The lowest BCUT2D eigenvalue weighted by Crippen LogP contribution is -2.01. The minimum Gasteiger partial charge on any atom is -0.455 e. The van der Waals surface area contributed by atoms with Crippen molar-refractivity contribution in [1.82, 2.24) is 0 Å². The number of benzene rings is 9. The lowest BCUT2D eigenvalue weighted by molar-refractivity contribution is 0.620. The maximum absolute atomic E-state index is 7.20. The molecule has 0 amide bonds. The van der Waals surface area contributed by atoms with Crippen molar-refractivity contribution in [2.45, 2.75) is 12.8 Å². The fourth-order valence-corrected chi connectivity index (χ4v) is 9.20. The highest BCUT2D eigenvalue weighted by Crippen LogP contribution is 2.52. The summed E-state index contributed by atoms with van der Waals surface area (Å²) in [7, 11) is 0. The summed E-state index contributed by atoms with van der Waals surface area (Å²) in [5.74, 6) is 0.988. The van der Waals surface area contributed by atoms with Gasteiger partial charge in [0.15, 0.2) is 0 Å². The van der Waals surface area contributed by atoms with Gasteiger partial charge in [-0.3, -0.25) is 0 Å². The normalized spacial score (nSPS) is 12.8. The molecular formula is C50H30O2. The van der Waals surface area contributed by atoms with Gasteiger partial charge in [-0.2, -0.15) is 0 Å². The first kappa shape index (κ1) is 28.1. The Hall–Kier alpha value is -6.64. The van der Waals surface area contributed by atoms with Crippen LogP contribution in [0.4, 0.5) is 0 Å². The summed E-state index contributed by atoms with van der Waals surface area (Å²) >= 11 is 0. The molecular weight excluding hydrogens is 633 g/mol. The van der Waals surface area contributed by atoms with Crippen molar-refractivity contribution in [3.63, 3.8) is 0 Å². The van der Waals surface area contributed by atoms with Crippen LogP contribution in [0, 0.1) is 0 Å². The van der Waals surface area contributed by atoms with Gasteiger partial charge in [-0.15, -0.1) is 0 Å². The summed E-state index contributed by atoms with van der Waals surface area (Å²) in [6.07, 6.45) is 1.93. The van der Waals surface area contributed by atoms with E-state index in [1.54, 1.807) is 0 Å². The molecule has 2 aromatic heterocycles. The van der Waals surface area contributed by atoms with Crippen LogP contribution in [0.5, 0.6) is 0 Å². The first-order valence-corrected chi connectivity index (χ1v) is 18.1. The zero-order chi connectivity index (χ0) is 33.9. The molecule has 2 heterocycles. The average Bonchev–Trinajstić information content (AvgIpc) is 3.78. The van der Waals surface area contributed by atoms with E-state index >= 15 is 0 Å². The zero-order valence-corrected chi connectivity index (χ0v) is 28.2. The van der Waals surface area contributed by atoms with Gasteiger partial charge in [-0.25, -0.2) is 0 Å². The summed E-state index contributed by atoms with van der Waals surface area (Å²) in [5, 5.41) is 13.0. The summed E-state index contributed by atoms with van der Waals surface area (Å²) < 4.78 is 14.4. The number of hydrogen-bond acceptors (Lipinski definition) is 2. The predicted octanol–water partition coefficient (Wildman–Crippen LogP) is 14.0. The maximum atomic E-state index is 7.20. The van der Waals surface area contributed by atoms with Gasteiger partial charge in [0.05, 0.1) is 5.56 Å². The molecule has 0 radical (unpaired) electrons. The van der Waals surface area contributed by atoms with E-state index in [4.69, 9.17) is 8.83 Å². The Bertz CT molecular complexity index is 3240. The molecule has 11 aromatic rings. The molecule has 0 N–H and O–H groups in total. The smallest absolute Gasteiger partial charge is 0.147 e. The summed E-state index contributed by atoms with van der Waals surface area (Å²) in [6, 6.07) is 57.3. The third-order valence-corrected chi connectivity index (χ3v) is 11.5. The molecule has 0 atom stereocenters. The lowest BCUT2D eigenvalue weighted by atomic mass is 9.84. The Labute approximate surface area is 299 Å². The van der Waals surface area contributed by atoms with Crippen LogP contribution in [0.1, 0.15) is 11.1 Å². The van der Waals surface area contributed by atoms with Crippen molar-refractivity contribution in [2.24, 2.45) is 0 Å². The molecule has 12 rings (SSSR count). The largest absolute Gasteiger partial charge is 0.455 e. The molecule has 0 bridgehead atoms. The van der Waals surface area contributed by atoms with E-state index in [2.05, 4.69) is 158 Å². The monoisotopic (exact) mass is 662 g/mol. The standard InChI is InChI=1S/C50H30O2/c1-2-14-32-27-33(22-21-29(32)11-1)44-36-17-7-9-19-38(36)45(39-20-10-8-18-37(39)44)46-49-42(40-25-23-30-12-3-5-15-34(30)47(40)51-49)28-43-41-26-24-31-13-4-6-16-35(31)48(41)52-50(43)46/h1-23,25,27-28H,24,26H2. The first-order chi connectivity index (χ1) is 25.8. The highest BCUT2D eigenvalue weighted by atomic mass is 16.3. The molecule has 0 aliphatic heterocycles. The molecule has 9 aromatic carbocycles. The fraction of sp³-hybridized carbons (Fsp3) is 0.0400. The van der Waals surface area contributed by atoms with Crippen LogP contribution in [0.2, 0.25) is 0 Å². The second-order valence-corrected chi connectivity index (χ2v) is 14.2. The van der Waals surface area contributed by atoms with E-state index in [9.17, 15) is 0 Å². The van der Waals surface area contributed by atoms with E-state index in [-0.39, 0.29) is 0 Å². The van der Waals surface area contributed by atoms with Crippen LogP contribution in [0.3, 0.4) is 0 Å². The van der Waals surface area contributed by atoms with Crippen LogP contribution in [0.15, 0.2) is 167 Å². The van der Waals surface area contributed by atoms with Crippen LogP contribution in [0.25, 0.3) is 110 Å². The lowest BCUT2D eigenvalue weighted by Gasteiger charge is -2.18. The SMILES string of the molecule is c1ccc2c(c1)CCc1c-2oc2c(-c3c4ccccc4c(-c4ccc5ccccc5c4)c4ccccc34)c3oc4c5ccccc5ccc4c3cc12. The van der Waals surface area contributed by atoms with E-state index in [1.807, 2.05) is 0 Å². The van der Waals surface area contributed by atoms with E-state index in [0.29, 0.717) is 0 Å². The fourth-order valence-electron chi connectivity index (χ4n) is 9.20. The van der Waals surface area contributed by atoms with Crippen molar-refractivity contribution >= 4 is 76.0 Å². The summed E-state index contributed by atoms with van der Waals surface area (Å²) in [5.41, 5.74) is 11.1. The number of furan rings is 2. The third-order valence-electron chi connectivity index (χ3n) is 11.5. The Morgan fingerprint density at radius 2 is 0.962 bits per heavy atom. The molecule has 0 spiro atoms. The van der Waals surface area contributed by atoms with Gasteiger partial charge in [-0.1, -0.05) is 140 Å². The van der Waals surface area contributed by atoms with Crippen LogP contribution in [-0.4, -0.2) is 0 Å². The Morgan fingerprint density at radius 1 is 0.346 bits per heavy atom. The van der Waals surface area contributed by atoms with Crippen molar-refractivity contribution in [3.8, 4) is 33.6 Å². The second kappa shape index (κ2) is 10.4. The summed E-state index contributed by atoms with van der Waals surface area (Å²) in [4.78, 5) is 0. The minimum atomic E-state index is 0.868. The predicted molar refractivity (Wildman–Crippen MR) is 217 cm³/mol. The zero-order valence-electron chi connectivity index (χ0n) is 28.2.